The fourth-order valence-corrected chi connectivity index (χ4v) is 10.1. The lowest BCUT2D eigenvalue weighted by Gasteiger charge is -2.19. The van der Waals surface area contributed by atoms with E-state index in [-0.39, 0.29) is 0 Å². The van der Waals surface area contributed by atoms with E-state index in [0.717, 1.165) is 6.42 Å². The van der Waals surface area contributed by atoms with Crippen molar-refractivity contribution in [3.05, 3.63) is 167 Å². The zero-order valence-electron chi connectivity index (χ0n) is 25.0. The van der Waals surface area contributed by atoms with Crippen molar-refractivity contribution in [3.8, 4) is 22.3 Å². The Kier molecular flexibility index (Phi) is 5.91. The highest BCUT2D eigenvalue weighted by molar-refractivity contribution is 8.12. The van der Waals surface area contributed by atoms with Crippen molar-refractivity contribution in [1.29, 1.82) is 0 Å². The first-order valence-electron chi connectivity index (χ1n) is 15.9. The van der Waals surface area contributed by atoms with Gasteiger partial charge < -0.3 is 0 Å². The van der Waals surface area contributed by atoms with Gasteiger partial charge in [-0.3, -0.25) is 0 Å². The second-order valence-corrected chi connectivity index (χ2v) is 14.6. The molecule has 10 rings (SSSR count). The van der Waals surface area contributed by atoms with E-state index in [9.17, 15) is 0 Å². The minimum absolute atomic E-state index is 0.456. The highest BCUT2D eigenvalue weighted by Crippen LogP contribution is 2.52. The molecule has 0 nitrogen and oxygen atoms in total. The molecular formula is C44H28S2. The van der Waals surface area contributed by atoms with Crippen molar-refractivity contribution < 1.29 is 0 Å². The predicted molar refractivity (Wildman–Crippen MR) is 202 cm³/mol. The number of allylic oxidation sites excluding steroid dienone is 2. The van der Waals surface area contributed by atoms with Crippen LogP contribution in [0.4, 0.5) is 0 Å². The van der Waals surface area contributed by atoms with E-state index in [4.69, 9.17) is 0 Å². The van der Waals surface area contributed by atoms with E-state index in [1.165, 1.54) is 90.5 Å². The van der Waals surface area contributed by atoms with E-state index >= 15 is 0 Å². The molecule has 2 heteroatoms. The summed E-state index contributed by atoms with van der Waals surface area (Å²) in [5.41, 5.74) is 8.02. The van der Waals surface area contributed by atoms with Gasteiger partial charge >= 0.3 is 0 Å². The van der Waals surface area contributed by atoms with Crippen molar-refractivity contribution in [2.45, 2.75) is 6.42 Å². The summed E-state index contributed by atoms with van der Waals surface area (Å²) < 4.78 is 1.38. The lowest BCUT2D eigenvalue weighted by molar-refractivity contribution is 0.802. The number of hydrogen-bond acceptors (Lipinski definition) is 2. The van der Waals surface area contributed by atoms with Gasteiger partial charge in [0.05, 0.1) is 0 Å². The molecule has 1 aliphatic carbocycles. The highest BCUT2D eigenvalue weighted by atomic mass is 32.2. The fourth-order valence-electron chi connectivity index (χ4n) is 7.65. The number of thioether (sulfide) groups is 1. The molecule has 0 saturated carbocycles. The molecule has 2 aliphatic rings. The SMILES string of the molecule is C1=C(c2ccccc2)SC2=Cc3sc4ccc(-c5c6ccccc6c(-c6ccc7ccccc7c6)c6ccccc56)cc4c3CC12. The Labute approximate surface area is 276 Å². The Balaban J connectivity index is 1.15. The average molecular weight is 621 g/mol. The van der Waals surface area contributed by atoms with Crippen LogP contribution in [0.5, 0.6) is 0 Å². The summed E-state index contributed by atoms with van der Waals surface area (Å²) in [6, 6.07) is 51.6. The molecule has 0 radical (unpaired) electrons. The van der Waals surface area contributed by atoms with Crippen LogP contribution in [0.3, 0.4) is 0 Å². The molecule has 0 spiro atoms. The molecule has 46 heavy (non-hydrogen) atoms. The molecule has 7 aromatic carbocycles. The quantitative estimate of drug-likeness (QED) is 0.177. The summed E-state index contributed by atoms with van der Waals surface area (Å²) in [7, 11) is 0. The summed E-state index contributed by atoms with van der Waals surface area (Å²) in [5.74, 6) is 0.456. The van der Waals surface area contributed by atoms with Crippen molar-refractivity contribution in [2.24, 2.45) is 5.92 Å². The van der Waals surface area contributed by atoms with Gasteiger partial charge in [0.2, 0.25) is 0 Å². The van der Waals surface area contributed by atoms with Gasteiger partial charge in [0, 0.05) is 20.4 Å². The summed E-state index contributed by atoms with van der Waals surface area (Å²) in [4.78, 5) is 4.30. The number of hydrogen-bond donors (Lipinski definition) is 0. The topological polar surface area (TPSA) is 0 Å². The second-order valence-electron chi connectivity index (χ2n) is 12.4. The molecular weight excluding hydrogens is 593 g/mol. The summed E-state index contributed by atoms with van der Waals surface area (Å²) >= 11 is 3.90. The first-order valence-corrected chi connectivity index (χ1v) is 17.6. The lowest BCUT2D eigenvalue weighted by Crippen LogP contribution is -2.04. The van der Waals surface area contributed by atoms with E-state index in [1.54, 1.807) is 0 Å². The maximum Gasteiger partial charge on any atom is 0.0352 e. The smallest absolute Gasteiger partial charge is 0.0352 e. The Hall–Kier alpha value is -4.89. The minimum atomic E-state index is 0.456. The van der Waals surface area contributed by atoms with Crippen LogP contribution in [0.15, 0.2) is 151 Å². The van der Waals surface area contributed by atoms with E-state index in [1.807, 2.05) is 23.1 Å². The first-order chi connectivity index (χ1) is 22.8. The Morgan fingerprint density at radius 3 is 1.83 bits per heavy atom. The van der Waals surface area contributed by atoms with Crippen LogP contribution in [-0.4, -0.2) is 0 Å². The van der Waals surface area contributed by atoms with Gasteiger partial charge in [-0.15, -0.1) is 11.3 Å². The zero-order valence-corrected chi connectivity index (χ0v) is 26.7. The Bertz CT molecular complexity index is 2520. The molecule has 1 unspecified atom stereocenters. The molecule has 0 fully saturated rings. The summed E-state index contributed by atoms with van der Waals surface area (Å²) in [5, 5.41) is 9.16. The molecule has 8 aromatic rings. The maximum atomic E-state index is 2.49. The molecule has 216 valence electrons. The molecule has 1 aromatic heterocycles. The molecule has 0 bridgehead atoms. The average Bonchev–Trinajstić information content (AvgIpc) is 3.70. The van der Waals surface area contributed by atoms with Gasteiger partial charge in [-0.05, 0) is 107 Å². The van der Waals surface area contributed by atoms with E-state index in [2.05, 4.69) is 152 Å². The first kappa shape index (κ1) is 26.3. The zero-order chi connectivity index (χ0) is 30.2. The monoisotopic (exact) mass is 620 g/mol. The Morgan fingerprint density at radius 2 is 1.11 bits per heavy atom. The lowest BCUT2D eigenvalue weighted by atomic mass is 9.85. The van der Waals surface area contributed by atoms with Gasteiger partial charge in [0.25, 0.3) is 0 Å². The molecule has 1 aliphatic heterocycles. The highest BCUT2D eigenvalue weighted by Gasteiger charge is 2.30. The molecule has 1 atom stereocenters. The molecule has 0 saturated heterocycles. The number of thiophene rings is 1. The van der Waals surface area contributed by atoms with Crippen molar-refractivity contribution in [1.82, 2.24) is 0 Å². The largest absolute Gasteiger partial charge is 0.136 e. The fraction of sp³-hybridized carbons (Fsp3) is 0.0455. The van der Waals surface area contributed by atoms with Gasteiger partial charge in [-0.25, -0.2) is 0 Å². The van der Waals surface area contributed by atoms with Crippen LogP contribution in [0.1, 0.15) is 16.0 Å². The third-order valence-corrected chi connectivity index (χ3v) is 12.2. The summed E-state index contributed by atoms with van der Waals surface area (Å²) in [6.45, 7) is 0. The van der Waals surface area contributed by atoms with Gasteiger partial charge in [0.15, 0.2) is 0 Å². The van der Waals surface area contributed by atoms with Crippen molar-refractivity contribution >= 4 is 76.5 Å². The molecule has 2 heterocycles. The standard InChI is InChI=1S/C44H28S2/c1-2-11-28(12-3-1)40-25-32-24-38-37-23-31(20-21-39(37)45-42(38)26-41(32)46-40)44-35-16-8-6-14-33(35)43(34-15-7-9-17-36(34)44)30-19-18-27-10-4-5-13-29(27)22-30/h1-23,25-26,32H,24H2. The third kappa shape index (κ3) is 4.07. The normalized spacial score (nSPS) is 15.7. The van der Waals surface area contributed by atoms with Crippen LogP contribution in [0, 0.1) is 5.92 Å². The molecule has 0 N–H and O–H groups in total. The minimum Gasteiger partial charge on any atom is -0.136 e. The third-order valence-electron chi connectivity index (χ3n) is 9.78. The van der Waals surface area contributed by atoms with Crippen LogP contribution < -0.4 is 0 Å². The van der Waals surface area contributed by atoms with Gasteiger partial charge in [-0.2, -0.15) is 0 Å². The van der Waals surface area contributed by atoms with Gasteiger partial charge in [-0.1, -0.05) is 139 Å². The van der Waals surface area contributed by atoms with Crippen molar-refractivity contribution in [3.63, 3.8) is 0 Å². The summed E-state index contributed by atoms with van der Waals surface area (Å²) in [6.07, 6.45) is 6.03. The van der Waals surface area contributed by atoms with Crippen LogP contribution in [0.25, 0.3) is 75.6 Å². The van der Waals surface area contributed by atoms with E-state index in [0.29, 0.717) is 5.92 Å². The van der Waals surface area contributed by atoms with E-state index < -0.39 is 0 Å². The second kappa shape index (κ2) is 10.3. The Morgan fingerprint density at radius 1 is 0.500 bits per heavy atom. The van der Waals surface area contributed by atoms with Gasteiger partial charge in [0.1, 0.15) is 0 Å². The number of fused-ring (bicyclic) bond motifs is 7. The number of benzene rings is 7. The van der Waals surface area contributed by atoms with Crippen molar-refractivity contribution in [2.75, 3.05) is 0 Å². The number of rotatable bonds is 3. The maximum absolute atomic E-state index is 2.49. The van der Waals surface area contributed by atoms with Crippen LogP contribution in [-0.2, 0) is 6.42 Å². The predicted octanol–water partition coefficient (Wildman–Crippen LogP) is 13.0. The van der Waals surface area contributed by atoms with Crippen LogP contribution in [0.2, 0.25) is 0 Å². The molecule has 0 amide bonds. The van der Waals surface area contributed by atoms with Crippen LogP contribution >= 0.6 is 23.1 Å².